The van der Waals surface area contributed by atoms with Crippen molar-refractivity contribution in [1.82, 2.24) is 55.5 Å². The molecule has 13 heterocycles. The molecule has 0 amide bonds. The van der Waals surface area contributed by atoms with Crippen LogP contribution in [0.15, 0.2) is 146 Å². The van der Waals surface area contributed by atoms with E-state index in [9.17, 15) is 72.2 Å². The fourth-order valence-electron chi connectivity index (χ4n) is 11.3. The van der Waals surface area contributed by atoms with E-state index in [-0.39, 0.29) is 55.0 Å². The Bertz CT molecular complexity index is 5050. The summed E-state index contributed by atoms with van der Waals surface area (Å²) in [5.74, 6) is -2.96. The fourth-order valence-corrected chi connectivity index (χ4v) is 14.1. The molecule has 0 saturated carbocycles. The molecule has 2 aliphatic heterocycles. The molecule has 38 heteroatoms. The molecular formula is C92H119ClF12N11O8P2S4+. The van der Waals surface area contributed by atoms with Crippen molar-refractivity contribution in [1.29, 1.82) is 1.28 Å². The van der Waals surface area contributed by atoms with Crippen LogP contribution in [0.2, 0.25) is 0 Å². The normalized spacial score (nSPS) is 12.4. The molecule has 0 spiro atoms. The highest BCUT2D eigenvalue weighted by Gasteiger charge is 2.40. The number of aromatic amines is 3. The van der Waals surface area contributed by atoms with E-state index in [1.165, 1.54) is 149 Å². The van der Waals surface area contributed by atoms with Gasteiger partial charge in [0.1, 0.15) is 45.6 Å². The summed E-state index contributed by atoms with van der Waals surface area (Å²) in [6, 6.07) is 32.4. The smallest absolute Gasteiger partial charge is 0.450 e. The second kappa shape index (κ2) is 64.2. The maximum atomic E-state index is 12.8. The zero-order valence-electron chi connectivity index (χ0n) is 74.5. The first-order valence-corrected chi connectivity index (χ1v) is 47.6. The maximum Gasteiger partial charge on any atom is 0.450 e. The lowest BCUT2D eigenvalue weighted by molar-refractivity contribution is -0.170. The van der Waals surface area contributed by atoms with E-state index < -0.39 is 72.9 Å². The van der Waals surface area contributed by atoms with Gasteiger partial charge in [0.15, 0.2) is 35.4 Å². The first kappa shape index (κ1) is 115. The van der Waals surface area contributed by atoms with Gasteiger partial charge in [-0.15, -0.1) is 46.4 Å². The van der Waals surface area contributed by atoms with Gasteiger partial charge < -0.3 is 24.4 Å². The van der Waals surface area contributed by atoms with Crippen LogP contribution in [0, 0.1) is 20.8 Å². The highest BCUT2D eigenvalue weighted by Crippen LogP contribution is 2.35. The predicted molar refractivity (Wildman–Crippen MR) is 506 cm³/mol. The molecule has 2 saturated heterocycles. The Morgan fingerprint density at radius 1 is 0.531 bits per heavy atom. The minimum absolute atomic E-state index is 0. The highest BCUT2D eigenvalue weighted by atomic mass is 35.5. The molecule has 5 N–H and O–H groups in total. The quantitative estimate of drug-likeness (QED) is 0.0100. The molecule has 0 radical (unpaired) electrons. The molecule has 11 aromatic heterocycles. The topological polar surface area (TPSA) is 270 Å². The average Bonchev–Trinajstić information content (AvgIpc) is 1.69. The molecule has 0 bridgehead atoms. The lowest BCUT2D eigenvalue weighted by atomic mass is 10.1. The van der Waals surface area contributed by atoms with Crippen molar-refractivity contribution in [2.75, 3.05) is 40.1 Å². The number of ketones is 3. The van der Waals surface area contributed by atoms with Crippen LogP contribution in [0.4, 0.5) is 52.7 Å². The summed E-state index contributed by atoms with van der Waals surface area (Å²) in [5.41, 5.74) is 3.73. The highest BCUT2D eigenvalue weighted by molar-refractivity contribution is 8.24. The monoisotopic (exact) mass is 1960 g/mol. The molecule has 11 aromatic rings. The largest absolute Gasteiger partial charge is 0.487 e. The zero-order valence-corrected chi connectivity index (χ0v) is 79.6. The number of carbonyl (C=O) groups is 3. The van der Waals surface area contributed by atoms with Crippen molar-refractivity contribution in [3.8, 4) is 39.2 Å². The number of alkyl halides is 12. The first-order chi connectivity index (χ1) is 61.3. The number of rotatable bonds is 28. The van der Waals surface area contributed by atoms with Gasteiger partial charge in [-0.05, 0) is 241 Å². The van der Waals surface area contributed by atoms with E-state index in [1.54, 1.807) is 110 Å². The van der Waals surface area contributed by atoms with E-state index in [4.69, 9.17) is 20.6 Å². The Morgan fingerprint density at radius 2 is 0.923 bits per heavy atom. The van der Waals surface area contributed by atoms with Crippen molar-refractivity contribution in [3.05, 3.63) is 227 Å². The van der Waals surface area contributed by atoms with Crippen LogP contribution in [-0.4, -0.2) is 131 Å². The van der Waals surface area contributed by atoms with Crippen LogP contribution in [0.5, 0.6) is 5.06 Å². The number of Topliss-reactive ketones (excluding diaryl/α,β-unsaturated/α-hetero) is 3. The van der Waals surface area contributed by atoms with Gasteiger partial charge in [-0.3, -0.25) is 54.6 Å². The number of halogens is 13. The van der Waals surface area contributed by atoms with Crippen LogP contribution in [0.1, 0.15) is 248 Å². The second-order valence-electron chi connectivity index (χ2n) is 28.8. The van der Waals surface area contributed by atoms with Gasteiger partial charge in [-0.25, -0.2) is 0 Å². The number of ether oxygens (including phenoxy) is 3. The maximum absolute atomic E-state index is 12.8. The average molecular weight is 1960 g/mol. The van der Waals surface area contributed by atoms with Crippen molar-refractivity contribution in [2.45, 2.75) is 228 Å². The number of aliphatic hydroxyl groups is 2. The minimum atomic E-state index is -4.97. The minimum Gasteiger partial charge on any atom is -0.487 e. The number of thiophene rings is 3. The van der Waals surface area contributed by atoms with Gasteiger partial charge in [-0.2, -0.15) is 68.0 Å². The number of methoxy groups -OCH3 is 1. The second-order valence-corrected chi connectivity index (χ2v) is 35.1. The molecule has 130 heavy (non-hydrogen) atoms. The third-order valence-corrected chi connectivity index (χ3v) is 21.4. The summed E-state index contributed by atoms with van der Waals surface area (Å²) in [5, 5.41) is 36.2. The molecule has 19 nitrogen and oxygen atoms in total. The van der Waals surface area contributed by atoms with Crippen molar-refractivity contribution >= 4 is 104 Å². The summed E-state index contributed by atoms with van der Waals surface area (Å²) in [6.45, 7) is 18.7. The third-order valence-electron chi connectivity index (χ3n) is 18.0. The van der Waals surface area contributed by atoms with Gasteiger partial charge in [0, 0.05) is 102 Å². The van der Waals surface area contributed by atoms with E-state index in [0.717, 1.165) is 101 Å². The lowest BCUT2D eigenvalue weighted by Crippen LogP contribution is -2.25. The Balaban J connectivity index is 0.000000525. The molecule has 2 aliphatic rings. The van der Waals surface area contributed by atoms with E-state index in [0.29, 0.717) is 34.8 Å². The summed E-state index contributed by atoms with van der Waals surface area (Å²) in [4.78, 5) is 58.4. The van der Waals surface area contributed by atoms with Gasteiger partial charge in [-0.1, -0.05) is 92.1 Å². The molecule has 3 unspecified atom stereocenters. The van der Waals surface area contributed by atoms with E-state index >= 15 is 0 Å². The number of pyridine rings is 5. The Hall–Kier alpha value is -8.73. The van der Waals surface area contributed by atoms with Crippen molar-refractivity contribution in [3.63, 3.8) is 0 Å². The van der Waals surface area contributed by atoms with Crippen LogP contribution in [0.3, 0.4) is 0 Å². The molecule has 13 rings (SSSR count). The van der Waals surface area contributed by atoms with E-state index in [1.807, 2.05) is 59.5 Å². The van der Waals surface area contributed by atoms with Gasteiger partial charge >= 0.3 is 26.0 Å². The number of aryl methyl sites for hydroxylation is 6. The van der Waals surface area contributed by atoms with Gasteiger partial charge in [0.2, 0.25) is 5.78 Å². The first-order valence-electron chi connectivity index (χ1n) is 42.1. The van der Waals surface area contributed by atoms with Crippen molar-refractivity contribution in [2.24, 2.45) is 0 Å². The van der Waals surface area contributed by atoms with Crippen LogP contribution in [0.25, 0.3) is 46.3 Å². The number of hydrogen-bond donors (Lipinski definition) is 5. The number of nitrogens with zero attached hydrogens (tertiary/aromatic N) is 8. The molecule has 2 fully saturated rings. The lowest BCUT2D eigenvalue weighted by Gasteiger charge is -2.09. The van der Waals surface area contributed by atoms with Crippen molar-refractivity contribution < 1.29 is 91.5 Å². The summed E-state index contributed by atoms with van der Waals surface area (Å²) in [7, 11) is 3.93. The number of aromatic nitrogens is 11. The number of carbonyl (C=O) groups excluding carboxylic acids is 3. The molecule has 0 aromatic carbocycles. The van der Waals surface area contributed by atoms with Crippen LogP contribution < -0.4 is 4.74 Å². The zero-order chi connectivity index (χ0) is 95.4. The number of unbranched alkanes of at least 4 members (excludes halogenated alkanes) is 9. The fraction of sp³-hybridized carbons (Fsp3) is 0.446. The van der Waals surface area contributed by atoms with Crippen LogP contribution in [-0.2, 0) is 70.3 Å². The summed E-state index contributed by atoms with van der Waals surface area (Å²) >= 11 is 9.47. The number of H-pyrrole nitrogens is 3. The number of nitrogens with one attached hydrogen (secondary N) is 3. The summed E-state index contributed by atoms with van der Waals surface area (Å²) in [6.07, 6.45) is 15.4. The summed E-state index contributed by atoms with van der Waals surface area (Å²) < 4.78 is 170. The Kier molecular flexibility index (Phi) is 57.0. The Labute approximate surface area is 781 Å². The third kappa shape index (κ3) is 48.1. The van der Waals surface area contributed by atoms with Gasteiger partial charge in [0.05, 0.1) is 45.6 Å². The predicted octanol–water partition coefficient (Wildman–Crippen LogP) is 26.7. The number of hydrogen-bond acceptors (Lipinski definition) is 20. The van der Waals surface area contributed by atoms with Gasteiger partial charge in [0.25, 0.3) is 0 Å². The Morgan fingerprint density at radius 3 is 1.32 bits per heavy atom. The van der Waals surface area contributed by atoms with Crippen LogP contribution >= 0.6 is 62.3 Å². The molecule has 0 aliphatic carbocycles. The standard InChI is InChI=1S/C21H24F3N3OS.C21H22F3N3S.C11H18OS.C10H8F3N3.C10H8F3NO2.C8H9NO.2C4H8O.C2H6O.CH4.ClH.H2P2S/c1-2-3-4-5-6-15-7-8-19(29-15)18(28)12-14-9-10-25-16(11-14)17-13-20(27-26-17)21(22,23)24;1-2-3-4-5-6-16-9-10-17(28-16)8-7-15-11-12-25-18(13-15)19-14-20(27-26-19)21(22,23)24;1-3-4-5-6-7-10-8-9-11(12-2)13-10;1-6-2-3-14-7(4-6)8-5-9(16-15-8)10(11,12)13;1-6-2-3-14-7(4-6)8(15)5-9(16)10(11,12)13;1-6-3-4-9-8(5-6)7(2)10;2*1-2-4-5-3-1;1-2-3;;;1-2-3/h7-11,13,18,28H,2-6,12H2,1H3,(H,26,27);7-14H,2-6H2,1H3,(H,26,27);8-9H,3-7H2,1-2H3;2-5H,1H3,(H,15,16);2-4H,5H2,1H3;3-5H,1-2H3;2*1-4H2;3H,2H2,1H3;1H4;1H;1H2/p+1/b;8-7+;;;;;;;;;;/i/hT. The number of aliphatic hydroxyl groups excluding tert-OH is 2. The SMILES string of the molecule is C.C1CCOC1.C1CCOC1.CC(=O)c1cc(C)ccn1.CCCCCCc1ccc(/C=C/c2ccnc(-c3cc(C(F)(F)F)[nH]n3)c2)s1.CCCCCCc1ccc(C(O)Cc2ccnc(-c3cc(C(F)(F)F)[nH]n3)c2)s1.CCCCCCc1ccc(OC)s1.CCO.Cc1ccnc(-c2cc(C(F)(F)F)[nH]n2)c1.Cc1ccnc(C(=O)CC(=O)C(F)(F)F)c1.Cl.[3H][P+](P)=S. The molecule has 714 valence electrons. The molecular weight excluding hydrogens is 1840 g/mol. The van der Waals surface area contributed by atoms with E-state index in [2.05, 4.69) is 112 Å². The molecule has 3 atom stereocenters.